The molecule has 2 heterocycles. The largest absolute Gasteiger partial charge is 0.416 e. The van der Waals surface area contributed by atoms with Gasteiger partial charge in [0.05, 0.1) is 34.5 Å². The number of hydrogen-bond acceptors (Lipinski definition) is 8. The lowest BCUT2D eigenvalue weighted by Crippen LogP contribution is -2.14. The number of rotatable bonds is 6. The Morgan fingerprint density at radius 1 is 1.44 bits per heavy atom. The van der Waals surface area contributed by atoms with E-state index in [1.54, 1.807) is 35.6 Å². The second kappa shape index (κ2) is 7.92. The van der Waals surface area contributed by atoms with E-state index < -0.39 is 0 Å². The predicted octanol–water partition coefficient (Wildman–Crippen LogP) is 3.03. The van der Waals surface area contributed by atoms with Crippen molar-refractivity contribution >= 4 is 34.7 Å². The van der Waals surface area contributed by atoms with Crippen molar-refractivity contribution in [3.63, 3.8) is 0 Å². The number of aromatic nitrogens is 3. The van der Waals surface area contributed by atoms with Crippen molar-refractivity contribution in [2.45, 2.75) is 18.6 Å². The summed E-state index contributed by atoms with van der Waals surface area (Å²) in [6.45, 7) is 1.94. The van der Waals surface area contributed by atoms with Gasteiger partial charge >= 0.3 is 0 Å². The lowest BCUT2D eigenvalue weighted by molar-refractivity contribution is -0.113. The zero-order valence-corrected chi connectivity index (χ0v) is 14.9. The van der Waals surface area contributed by atoms with E-state index in [4.69, 9.17) is 9.68 Å². The van der Waals surface area contributed by atoms with Gasteiger partial charge in [0.2, 0.25) is 11.8 Å². The molecule has 0 atom stereocenters. The highest BCUT2D eigenvalue weighted by Gasteiger charge is 2.11. The molecule has 25 heavy (non-hydrogen) atoms. The van der Waals surface area contributed by atoms with Gasteiger partial charge in [0.25, 0.3) is 5.22 Å². The van der Waals surface area contributed by atoms with Gasteiger partial charge in [0.15, 0.2) is 0 Å². The summed E-state index contributed by atoms with van der Waals surface area (Å²) in [5.74, 6) is 0.388. The summed E-state index contributed by atoms with van der Waals surface area (Å²) in [7, 11) is 0. The van der Waals surface area contributed by atoms with Gasteiger partial charge in [-0.1, -0.05) is 17.8 Å². The number of thioether (sulfide) groups is 1. The van der Waals surface area contributed by atoms with Crippen molar-refractivity contribution in [2.75, 3.05) is 11.1 Å². The van der Waals surface area contributed by atoms with Crippen LogP contribution in [-0.2, 0) is 11.2 Å². The maximum absolute atomic E-state index is 12.0. The van der Waals surface area contributed by atoms with E-state index in [2.05, 4.69) is 20.5 Å². The van der Waals surface area contributed by atoms with Crippen LogP contribution in [0.3, 0.4) is 0 Å². The molecule has 7 nitrogen and oxygen atoms in total. The van der Waals surface area contributed by atoms with Gasteiger partial charge in [0, 0.05) is 11.1 Å². The van der Waals surface area contributed by atoms with Gasteiger partial charge in [-0.3, -0.25) is 4.79 Å². The Bertz CT molecular complexity index is 929. The Morgan fingerprint density at radius 2 is 2.32 bits per heavy atom. The van der Waals surface area contributed by atoms with E-state index in [1.807, 2.05) is 18.4 Å². The zero-order chi connectivity index (χ0) is 17.6. The molecule has 0 fully saturated rings. The fourth-order valence-electron chi connectivity index (χ4n) is 2.00. The third-order valence-electron chi connectivity index (χ3n) is 3.05. The standard InChI is InChI=1S/C16H13N5O2S2/c1-10-18-13(8-24-10)6-15-20-21-16(23-15)25-9-14(22)19-12-4-2-3-11(5-12)7-17/h2-5,8H,6,9H2,1H3,(H,19,22). The number of nitrogens with one attached hydrogen (secondary N) is 1. The van der Waals surface area contributed by atoms with Crippen LogP contribution in [0.5, 0.6) is 0 Å². The molecule has 0 unspecified atom stereocenters. The summed E-state index contributed by atoms with van der Waals surface area (Å²) < 4.78 is 5.52. The number of aryl methyl sites for hydroxylation is 1. The van der Waals surface area contributed by atoms with Crippen LogP contribution in [0.4, 0.5) is 5.69 Å². The van der Waals surface area contributed by atoms with E-state index in [-0.39, 0.29) is 11.7 Å². The molecule has 0 spiro atoms. The van der Waals surface area contributed by atoms with Crippen molar-refractivity contribution in [3.8, 4) is 6.07 Å². The first-order chi connectivity index (χ1) is 12.1. The van der Waals surface area contributed by atoms with E-state index in [9.17, 15) is 4.79 Å². The van der Waals surface area contributed by atoms with Gasteiger partial charge in [-0.05, 0) is 25.1 Å². The summed E-state index contributed by atoms with van der Waals surface area (Å²) in [6.07, 6.45) is 0.477. The van der Waals surface area contributed by atoms with Crippen LogP contribution in [0, 0.1) is 18.3 Å². The number of nitriles is 1. The molecular weight excluding hydrogens is 358 g/mol. The normalized spacial score (nSPS) is 10.4. The molecule has 0 saturated carbocycles. The van der Waals surface area contributed by atoms with Crippen LogP contribution in [0.25, 0.3) is 0 Å². The second-order valence-electron chi connectivity index (χ2n) is 5.03. The summed E-state index contributed by atoms with van der Waals surface area (Å²) in [6, 6.07) is 8.76. The smallest absolute Gasteiger partial charge is 0.277 e. The predicted molar refractivity (Wildman–Crippen MR) is 94.5 cm³/mol. The molecule has 0 aliphatic carbocycles. The average Bonchev–Trinajstić information content (AvgIpc) is 3.22. The van der Waals surface area contributed by atoms with Crippen molar-refractivity contribution < 1.29 is 9.21 Å². The van der Waals surface area contributed by atoms with Gasteiger partial charge in [-0.15, -0.1) is 21.5 Å². The van der Waals surface area contributed by atoms with Crippen LogP contribution in [0.1, 0.15) is 22.2 Å². The van der Waals surface area contributed by atoms with Crippen LogP contribution in [0.15, 0.2) is 39.3 Å². The highest BCUT2D eigenvalue weighted by atomic mass is 32.2. The van der Waals surface area contributed by atoms with Gasteiger partial charge in [-0.2, -0.15) is 5.26 Å². The van der Waals surface area contributed by atoms with Gasteiger partial charge in [-0.25, -0.2) is 4.98 Å². The molecule has 126 valence electrons. The van der Waals surface area contributed by atoms with Crippen molar-refractivity contribution in [1.82, 2.24) is 15.2 Å². The van der Waals surface area contributed by atoms with Crippen LogP contribution < -0.4 is 5.32 Å². The number of benzene rings is 1. The Morgan fingerprint density at radius 3 is 3.08 bits per heavy atom. The number of carbonyl (C=O) groups is 1. The number of amides is 1. The molecule has 0 aliphatic rings. The summed E-state index contributed by atoms with van der Waals surface area (Å²) >= 11 is 2.73. The number of nitrogens with zero attached hydrogens (tertiary/aromatic N) is 4. The fraction of sp³-hybridized carbons (Fsp3) is 0.188. The first-order valence-electron chi connectivity index (χ1n) is 7.28. The summed E-state index contributed by atoms with van der Waals surface area (Å²) in [5.41, 5.74) is 1.96. The van der Waals surface area contributed by atoms with Crippen LogP contribution in [0.2, 0.25) is 0 Å². The molecule has 0 bridgehead atoms. The second-order valence-corrected chi connectivity index (χ2v) is 7.01. The maximum atomic E-state index is 12.0. The minimum atomic E-state index is -0.213. The topological polar surface area (TPSA) is 105 Å². The zero-order valence-electron chi connectivity index (χ0n) is 13.2. The number of hydrogen-bond donors (Lipinski definition) is 1. The van der Waals surface area contributed by atoms with Crippen LogP contribution >= 0.6 is 23.1 Å². The Labute approximate surface area is 152 Å². The Hall–Kier alpha value is -2.70. The minimum Gasteiger partial charge on any atom is -0.416 e. The van der Waals surface area contributed by atoms with E-state index >= 15 is 0 Å². The van der Waals surface area contributed by atoms with Gasteiger partial charge in [0.1, 0.15) is 0 Å². The van der Waals surface area contributed by atoms with Crippen molar-refractivity contribution in [1.29, 1.82) is 5.26 Å². The van der Waals surface area contributed by atoms with E-state index in [0.717, 1.165) is 22.5 Å². The average molecular weight is 371 g/mol. The molecular formula is C16H13N5O2S2. The Kier molecular flexibility index (Phi) is 5.42. The quantitative estimate of drug-likeness (QED) is 0.664. The fourth-order valence-corrected chi connectivity index (χ4v) is 3.20. The first-order valence-corrected chi connectivity index (χ1v) is 9.15. The lowest BCUT2D eigenvalue weighted by atomic mass is 10.2. The molecule has 2 aromatic heterocycles. The number of anilines is 1. The molecule has 1 aromatic carbocycles. The van der Waals surface area contributed by atoms with Crippen molar-refractivity contribution in [2.24, 2.45) is 0 Å². The molecule has 0 aliphatic heterocycles. The van der Waals surface area contributed by atoms with Crippen molar-refractivity contribution in [3.05, 3.63) is 51.8 Å². The lowest BCUT2D eigenvalue weighted by Gasteiger charge is -2.03. The summed E-state index contributed by atoms with van der Waals surface area (Å²) in [5, 5.41) is 22.8. The third-order valence-corrected chi connectivity index (χ3v) is 4.69. The van der Waals surface area contributed by atoms with E-state index in [1.165, 1.54) is 0 Å². The summed E-state index contributed by atoms with van der Waals surface area (Å²) in [4.78, 5) is 16.3. The maximum Gasteiger partial charge on any atom is 0.277 e. The minimum absolute atomic E-state index is 0.133. The van der Waals surface area contributed by atoms with E-state index in [0.29, 0.717) is 28.8 Å². The number of thiazole rings is 1. The molecule has 0 saturated heterocycles. The molecule has 0 radical (unpaired) electrons. The molecule has 9 heteroatoms. The molecule has 1 amide bonds. The number of carbonyl (C=O) groups excluding carboxylic acids is 1. The highest BCUT2D eigenvalue weighted by Crippen LogP contribution is 2.19. The third kappa shape index (κ3) is 4.89. The Balaban J connectivity index is 1.51. The SMILES string of the molecule is Cc1nc(Cc2nnc(SCC(=O)Nc3cccc(C#N)c3)o2)cs1. The highest BCUT2D eigenvalue weighted by molar-refractivity contribution is 7.99. The first kappa shape index (κ1) is 17.1. The molecule has 3 aromatic rings. The van der Waals surface area contributed by atoms with Crippen LogP contribution in [-0.4, -0.2) is 26.8 Å². The molecule has 1 N–H and O–H groups in total. The molecule has 3 rings (SSSR count). The monoisotopic (exact) mass is 371 g/mol. The van der Waals surface area contributed by atoms with Gasteiger partial charge < -0.3 is 9.73 Å².